The van der Waals surface area contributed by atoms with Crippen molar-refractivity contribution in [2.75, 3.05) is 0 Å². The normalized spacial score (nSPS) is 11.0. The van der Waals surface area contributed by atoms with E-state index >= 15 is 0 Å². The van der Waals surface area contributed by atoms with Crippen molar-refractivity contribution in [2.45, 2.75) is 6.61 Å². The molecule has 3 aromatic heterocycles. The van der Waals surface area contributed by atoms with Gasteiger partial charge in [0.05, 0.1) is 23.0 Å². The van der Waals surface area contributed by atoms with Crippen LogP contribution in [0.2, 0.25) is 5.02 Å². The molecule has 0 bridgehead atoms. The van der Waals surface area contributed by atoms with Crippen LogP contribution in [0.4, 0.5) is 5.69 Å². The molecule has 0 aliphatic heterocycles. The first kappa shape index (κ1) is 19.6. The molecule has 2 aromatic carbocycles. The zero-order chi connectivity index (χ0) is 22.1. The van der Waals surface area contributed by atoms with Crippen LogP contribution >= 0.6 is 11.6 Å². The molecule has 0 aliphatic rings. The van der Waals surface area contributed by atoms with Crippen LogP contribution in [0.5, 0.6) is 5.88 Å². The number of hydrogen-bond acceptors (Lipinski definition) is 8. The minimum absolute atomic E-state index is 0.0457. The summed E-state index contributed by atoms with van der Waals surface area (Å²) in [5.41, 5.74) is 1.98. The summed E-state index contributed by atoms with van der Waals surface area (Å²) in [6.45, 7) is 0.0457. The maximum Gasteiger partial charge on any atom is 0.296 e. The highest BCUT2D eigenvalue weighted by Crippen LogP contribution is 2.27. The summed E-state index contributed by atoms with van der Waals surface area (Å²) in [5.74, 6) is 0.337. The van der Waals surface area contributed by atoms with Crippen LogP contribution in [0.25, 0.3) is 22.4 Å². The second kappa shape index (κ2) is 8.04. The van der Waals surface area contributed by atoms with Crippen molar-refractivity contribution in [2.24, 2.45) is 0 Å². The fourth-order valence-electron chi connectivity index (χ4n) is 3.16. The molecular weight excluding hydrogens is 436 g/mol. The van der Waals surface area contributed by atoms with E-state index in [9.17, 15) is 10.1 Å². The largest absolute Gasteiger partial charge is 0.470 e. The van der Waals surface area contributed by atoms with Gasteiger partial charge in [0.2, 0.25) is 5.88 Å². The van der Waals surface area contributed by atoms with Gasteiger partial charge in [-0.25, -0.2) is 19.3 Å². The number of ether oxygens (including phenoxy) is 1. The molecule has 158 valence electrons. The smallest absolute Gasteiger partial charge is 0.296 e. The van der Waals surface area contributed by atoms with Crippen LogP contribution in [0.15, 0.2) is 67.3 Å². The Morgan fingerprint density at radius 1 is 1.12 bits per heavy atom. The molecule has 0 saturated heterocycles. The summed E-state index contributed by atoms with van der Waals surface area (Å²) in [4.78, 5) is 19.3. The third kappa shape index (κ3) is 3.61. The molecule has 0 spiro atoms. The lowest BCUT2D eigenvalue weighted by Gasteiger charge is -2.05. The molecule has 5 aromatic rings. The SMILES string of the molecule is O=[N+]([O-])c1cc(Cl)ccc1-n1cc(COc2ncnc3c2cnn3-c2ccccc2)nn1. The van der Waals surface area contributed by atoms with Crippen LogP contribution in [-0.4, -0.2) is 39.7 Å². The van der Waals surface area contributed by atoms with E-state index in [4.69, 9.17) is 16.3 Å². The molecule has 0 amide bonds. The van der Waals surface area contributed by atoms with Crippen molar-refractivity contribution < 1.29 is 9.66 Å². The van der Waals surface area contributed by atoms with E-state index in [1.165, 1.54) is 23.1 Å². The van der Waals surface area contributed by atoms with Crippen molar-refractivity contribution in [3.8, 4) is 17.3 Å². The number of rotatable bonds is 6. The van der Waals surface area contributed by atoms with Gasteiger partial charge in [-0.05, 0) is 24.3 Å². The lowest BCUT2D eigenvalue weighted by Crippen LogP contribution is -2.01. The lowest BCUT2D eigenvalue weighted by molar-refractivity contribution is -0.384. The van der Waals surface area contributed by atoms with Gasteiger partial charge in [-0.2, -0.15) is 5.10 Å². The summed E-state index contributed by atoms with van der Waals surface area (Å²) >= 11 is 5.87. The third-order valence-corrected chi connectivity index (χ3v) is 4.84. The monoisotopic (exact) mass is 448 g/mol. The van der Waals surface area contributed by atoms with Gasteiger partial charge in [0.15, 0.2) is 5.65 Å². The minimum atomic E-state index is -0.527. The van der Waals surface area contributed by atoms with Gasteiger partial charge >= 0.3 is 0 Å². The number of fused-ring (bicyclic) bond motifs is 1. The van der Waals surface area contributed by atoms with Gasteiger partial charge in [0.25, 0.3) is 5.69 Å². The first-order valence-corrected chi connectivity index (χ1v) is 9.70. The zero-order valence-corrected chi connectivity index (χ0v) is 17.0. The zero-order valence-electron chi connectivity index (χ0n) is 16.2. The highest BCUT2D eigenvalue weighted by atomic mass is 35.5. The molecule has 3 heterocycles. The highest BCUT2D eigenvalue weighted by Gasteiger charge is 2.18. The number of benzene rings is 2. The summed E-state index contributed by atoms with van der Waals surface area (Å²) in [6.07, 6.45) is 4.57. The first-order valence-electron chi connectivity index (χ1n) is 9.32. The van der Waals surface area contributed by atoms with Crippen LogP contribution < -0.4 is 4.74 Å². The molecule has 5 rings (SSSR count). The first-order chi connectivity index (χ1) is 15.6. The lowest BCUT2D eigenvalue weighted by atomic mass is 10.2. The third-order valence-electron chi connectivity index (χ3n) is 4.61. The maximum absolute atomic E-state index is 11.3. The molecule has 0 aliphatic carbocycles. The molecule has 0 unspecified atom stereocenters. The number of hydrogen-bond donors (Lipinski definition) is 0. The predicted molar refractivity (Wildman–Crippen MR) is 114 cm³/mol. The number of nitro benzene ring substituents is 1. The van der Waals surface area contributed by atoms with Crippen molar-refractivity contribution in [3.05, 3.63) is 88.1 Å². The average Bonchev–Trinajstić information content (AvgIpc) is 3.46. The fraction of sp³-hybridized carbons (Fsp3) is 0.0500. The van der Waals surface area contributed by atoms with E-state index in [1.54, 1.807) is 23.1 Å². The number of nitro groups is 1. The second-order valence-corrected chi connectivity index (χ2v) is 7.08. The minimum Gasteiger partial charge on any atom is -0.470 e. The van der Waals surface area contributed by atoms with Gasteiger partial charge in [-0.3, -0.25) is 10.1 Å². The Morgan fingerprint density at radius 2 is 1.97 bits per heavy atom. The Hall–Kier alpha value is -4.38. The van der Waals surface area contributed by atoms with Crippen molar-refractivity contribution in [1.82, 2.24) is 34.7 Å². The van der Waals surface area contributed by atoms with Crippen LogP contribution in [0.1, 0.15) is 5.69 Å². The molecule has 11 nitrogen and oxygen atoms in total. The number of halogens is 1. The van der Waals surface area contributed by atoms with Gasteiger partial charge in [0.1, 0.15) is 29.7 Å². The second-order valence-electron chi connectivity index (χ2n) is 6.64. The summed E-state index contributed by atoms with van der Waals surface area (Å²) in [7, 11) is 0. The van der Waals surface area contributed by atoms with E-state index in [0.29, 0.717) is 22.6 Å². The molecule has 0 N–H and O–H groups in total. The molecule has 0 radical (unpaired) electrons. The van der Waals surface area contributed by atoms with E-state index < -0.39 is 4.92 Å². The number of para-hydroxylation sites is 1. The molecule has 0 atom stereocenters. The fourth-order valence-corrected chi connectivity index (χ4v) is 3.32. The molecule has 0 fully saturated rings. The Labute approximate surface area is 185 Å². The average molecular weight is 449 g/mol. The van der Waals surface area contributed by atoms with Gasteiger partial charge in [-0.1, -0.05) is 35.0 Å². The molecule has 32 heavy (non-hydrogen) atoms. The Kier molecular flexibility index (Phi) is 4.92. The van der Waals surface area contributed by atoms with Crippen molar-refractivity contribution in [3.63, 3.8) is 0 Å². The quantitative estimate of drug-likeness (QED) is 0.285. The van der Waals surface area contributed by atoms with Crippen LogP contribution in [0.3, 0.4) is 0 Å². The van der Waals surface area contributed by atoms with Crippen LogP contribution in [0, 0.1) is 10.1 Å². The predicted octanol–water partition coefficient (Wildman–Crippen LogP) is 3.54. The molecule has 0 saturated carbocycles. The number of aromatic nitrogens is 7. The topological polar surface area (TPSA) is 127 Å². The molecular formula is C20H13ClN8O3. The van der Waals surface area contributed by atoms with E-state index in [2.05, 4.69) is 25.4 Å². The Bertz CT molecular complexity index is 1430. The van der Waals surface area contributed by atoms with E-state index in [-0.39, 0.29) is 23.0 Å². The highest BCUT2D eigenvalue weighted by molar-refractivity contribution is 6.30. The van der Waals surface area contributed by atoms with Crippen molar-refractivity contribution in [1.29, 1.82) is 0 Å². The standard InChI is InChI=1S/C20H13ClN8O3/c21-13-6-7-17(18(8-13)29(30)31)27-10-14(25-26-27)11-32-20-16-9-24-28(19(16)22-12-23-20)15-4-2-1-3-5-15/h1-10,12H,11H2. The van der Waals surface area contributed by atoms with Gasteiger partial charge in [-0.15, -0.1) is 5.10 Å². The van der Waals surface area contributed by atoms with E-state index in [0.717, 1.165) is 5.69 Å². The Morgan fingerprint density at radius 3 is 2.78 bits per heavy atom. The van der Waals surface area contributed by atoms with Gasteiger partial charge in [0, 0.05) is 11.1 Å². The Balaban J connectivity index is 1.39. The summed E-state index contributed by atoms with van der Waals surface area (Å²) in [6, 6.07) is 13.9. The number of nitrogens with zero attached hydrogens (tertiary/aromatic N) is 8. The van der Waals surface area contributed by atoms with Crippen LogP contribution in [-0.2, 0) is 6.61 Å². The van der Waals surface area contributed by atoms with Gasteiger partial charge < -0.3 is 4.74 Å². The summed E-state index contributed by atoms with van der Waals surface area (Å²) in [5, 5.41) is 24.6. The summed E-state index contributed by atoms with van der Waals surface area (Å²) < 4.78 is 8.82. The molecule has 12 heteroatoms. The van der Waals surface area contributed by atoms with E-state index in [1.807, 2.05) is 30.3 Å². The van der Waals surface area contributed by atoms with Crippen molar-refractivity contribution >= 4 is 28.3 Å². The maximum atomic E-state index is 11.3.